The van der Waals surface area contributed by atoms with Crippen molar-refractivity contribution in [2.45, 2.75) is 25.2 Å². The fraction of sp³-hybridized carbons (Fsp3) is 0.296. The number of anilines is 1. The lowest BCUT2D eigenvalue weighted by atomic mass is 9.73. The van der Waals surface area contributed by atoms with Crippen molar-refractivity contribution in [3.05, 3.63) is 90.0 Å². The molecule has 1 heterocycles. The summed E-state index contributed by atoms with van der Waals surface area (Å²) in [7, 11) is 0. The van der Waals surface area contributed by atoms with E-state index in [9.17, 15) is 4.79 Å². The van der Waals surface area contributed by atoms with Crippen molar-refractivity contribution in [2.75, 3.05) is 31.2 Å². The van der Waals surface area contributed by atoms with Crippen molar-refractivity contribution in [1.29, 1.82) is 0 Å². The van der Waals surface area contributed by atoms with Gasteiger partial charge in [-0.1, -0.05) is 73.7 Å². The summed E-state index contributed by atoms with van der Waals surface area (Å²) in [5, 5.41) is 8.93. The average molecular weight is 432 g/mol. The quantitative estimate of drug-likeness (QED) is 0.509. The molecular weight excluding hydrogens is 402 g/mol. The Balaban J connectivity index is 1.50. The fourth-order valence-electron chi connectivity index (χ4n) is 4.45. The second-order valence-electron chi connectivity index (χ2n) is 8.29. The molecule has 0 aliphatic carbocycles. The van der Waals surface area contributed by atoms with E-state index < -0.39 is 5.97 Å². The number of hydrogen-bond donors (Lipinski definition) is 1. The minimum absolute atomic E-state index is 0.0793. The second kappa shape index (κ2) is 9.77. The largest absolute Gasteiger partial charge is 0.486 e. The number of benzene rings is 3. The van der Waals surface area contributed by atoms with Gasteiger partial charge in [-0.15, -0.1) is 0 Å². The summed E-state index contributed by atoms with van der Waals surface area (Å²) >= 11 is 0. The van der Waals surface area contributed by atoms with Gasteiger partial charge in [0.05, 0.1) is 12.2 Å². The normalized spacial score (nSPS) is 13.2. The molecule has 3 aromatic rings. The van der Waals surface area contributed by atoms with E-state index in [0.29, 0.717) is 18.1 Å². The maximum atomic E-state index is 10.9. The standard InChI is InChI=1S/C27H29NO4/c1-27(21-10-4-2-5-11-21,22-12-6-3-7-13-22)16-9-17-28-18-19-31-26-23(28)14-8-15-24(26)32-20-25(29)30/h2-8,10-15H,9,16-20H2,1H3,(H,29,30). The first-order valence-corrected chi connectivity index (χ1v) is 11.0. The van der Waals surface area contributed by atoms with E-state index in [1.165, 1.54) is 11.1 Å². The number of carboxylic acid groups (broad SMARTS) is 1. The van der Waals surface area contributed by atoms with E-state index in [-0.39, 0.29) is 12.0 Å². The van der Waals surface area contributed by atoms with Crippen LogP contribution in [0.3, 0.4) is 0 Å². The molecule has 1 aliphatic rings. The minimum atomic E-state index is -1.00. The average Bonchev–Trinajstić information content (AvgIpc) is 2.84. The van der Waals surface area contributed by atoms with E-state index in [0.717, 1.165) is 31.6 Å². The zero-order valence-corrected chi connectivity index (χ0v) is 18.4. The number of fused-ring (bicyclic) bond motifs is 1. The number of rotatable bonds is 9. The van der Waals surface area contributed by atoms with Crippen molar-refractivity contribution < 1.29 is 19.4 Å². The van der Waals surface area contributed by atoms with Crippen molar-refractivity contribution in [3.8, 4) is 11.5 Å². The van der Waals surface area contributed by atoms with Crippen LogP contribution in [0.15, 0.2) is 78.9 Å². The monoisotopic (exact) mass is 431 g/mol. The van der Waals surface area contributed by atoms with E-state index in [1.807, 2.05) is 12.1 Å². The van der Waals surface area contributed by atoms with Crippen LogP contribution in [0.25, 0.3) is 0 Å². The summed E-state index contributed by atoms with van der Waals surface area (Å²) in [5.74, 6) is 0.110. The highest BCUT2D eigenvalue weighted by Crippen LogP contribution is 2.41. The zero-order chi connectivity index (χ0) is 22.4. The molecule has 5 nitrogen and oxygen atoms in total. The van der Waals surface area contributed by atoms with Gasteiger partial charge in [-0.25, -0.2) is 4.79 Å². The highest BCUT2D eigenvalue weighted by molar-refractivity contribution is 5.70. The van der Waals surface area contributed by atoms with Gasteiger partial charge in [0.25, 0.3) is 0 Å². The summed E-state index contributed by atoms with van der Waals surface area (Å²) in [5.41, 5.74) is 3.51. The third-order valence-electron chi connectivity index (χ3n) is 6.18. The first kappa shape index (κ1) is 21.8. The molecule has 1 aliphatic heterocycles. The number of carboxylic acids is 1. The molecule has 0 radical (unpaired) electrons. The Kier molecular flexibility index (Phi) is 6.64. The van der Waals surface area contributed by atoms with Gasteiger partial charge in [0.1, 0.15) is 6.61 Å². The summed E-state index contributed by atoms with van der Waals surface area (Å²) in [6, 6.07) is 27.0. The molecule has 166 valence electrons. The van der Waals surface area contributed by atoms with Crippen LogP contribution in [-0.4, -0.2) is 37.4 Å². The van der Waals surface area contributed by atoms with E-state index >= 15 is 0 Å². The molecule has 3 aromatic carbocycles. The molecular formula is C27H29NO4. The molecule has 0 atom stereocenters. The topological polar surface area (TPSA) is 59.0 Å². The number of nitrogens with zero attached hydrogens (tertiary/aromatic N) is 1. The number of aliphatic carboxylic acids is 1. The SMILES string of the molecule is CC(CCCN1CCOc2c(OCC(=O)O)cccc21)(c1ccccc1)c1ccccc1. The van der Waals surface area contributed by atoms with Gasteiger partial charge >= 0.3 is 5.97 Å². The smallest absolute Gasteiger partial charge is 0.341 e. The molecule has 0 aromatic heterocycles. The van der Waals surface area contributed by atoms with E-state index in [2.05, 4.69) is 72.5 Å². The molecule has 0 fully saturated rings. The Morgan fingerprint density at radius 2 is 1.66 bits per heavy atom. The summed E-state index contributed by atoms with van der Waals surface area (Å²) in [6.07, 6.45) is 2.00. The third-order valence-corrected chi connectivity index (χ3v) is 6.18. The molecule has 0 saturated heterocycles. The lowest BCUT2D eigenvalue weighted by Crippen LogP contribution is -2.35. The number of para-hydroxylation sites is 1. The molecule has 4 rings (SSSR count). The molecule has 0 unspecified atom stereocenters. The van der Waals surface area contributed by atoms with Gasteiger partial charge < -0.3 is 19.5 Å². The van der Waals surface area contributed by atoms with Crippen LogP contribution in [0, 0.1) is 0 Å². The lowest BCUT2D eigenvalue weighted by molar-refractivity contribution is -0.139. The van der Waals surface area contributed by atoms with Crippen LogP contribution in [0.4, 0.5) is 5.69 Å². The van der Waals surface area contributed by atoms with Crippen molar-refractivity contribution in [2.24, 2.45) is 0 Å². The van der Waals surface area contributed by atoms with Gasteiger partial charge in [0, 0.05) is 12.0 Å². The first-order valence-electron chi connectivity index (χ1n) is 11.0. The van der Waals surface area contributed by atoms with E-state index in [4.69, 9.17) is 14.6 Å². The highest BCUT2D eigenvalue weighted by atomic mass is 16.5. The highest BCUT2D eigenvalue weighted by Gasteiger charge is 2.29. The molecule has 0 bridgehead atoms. The van der Waals surface area contributed by atoms with Gasteiger partial charge in [0.15, 0.2) is 18.1 Å². The molecule has 0 saturated carbocycles. The second-order valence-corrected chi connectivity index (χ2v) is 8.29. The van der Waals surface area contributed by atoms with Crippen molar-refractivity contribution in [3.63, 3.8) is 0 Å². The maximum absolute atomic E-state index is 10.9. The molecule has 5 heteroatoms. The van der Waals surface area contributed by atoms with Crippen molar-refractivity contribution in [1.82, 2.24) is 0 Å². The van der Waals surface area contributed by atoms with Crippen LogP contribution in [0.1, 0.15) is 30.9 Å². The van der Waals surface area contributed by atoms with Crippen LogP contribution in [0.2, 0.25) is 0 Å². The van der Waals surface area contributed by atoms with Gasteiger partial charge in [0.2, 0.25) is 0 Å². The van der Waals surface area contributed by atoms with Gasteiger partial charge in [-0.3, -0.25) is 0 Å². The lowest BCUT2D eigenvalue weighted by Gasteiger charge is -2.35. The fourth-order valence-corrected chi connectivity index (χ4v) is 4.45. The summed E-state index contributed by atoms with van der Waals surface area (Å²) in [4.78, 5) is 13.2. The Morgan fingerprint density at radius 3 is 2.28 bits per heavy atom. The molecule has 32 heavy (non-hydrogen) atoms. The van der Waals surface area contributed by atoms with Gasteiger partial charge in [-0.2, -0.15) is 0 Å². The Hall–Kier alpha value is -3.47. The maximum Gasteiger partial charge on any atom is 0.341 e. The third kappa shape index (κ3) is 4.72. The van der Waals surface area contributed by atoms with Gasteiger partial charge in [-0.05, 0) is 36.1 Å². The predicted octanol–water partition coefficient (Wildman–Crippen LogP) is 5.14. The zero-order valence-electron chi connectivity index (χ0n) is 18.4. The molecule has 0 spiro atoms. The number of carbonyl (C=O) groups is 1. The van der Waals surface area contributed by atoms with Crippen LogP contribution in [0.5, 0.6) is 11.5 Å². The Labute approximate surface area is 189 Å². The Morgan fingerprint density at radius 1 is 1.00 bits per heavy atom. The van der Waals surface area contributed by atoms with E-state index in [1.54, 1.807) is 6.07 Å². The summed E-state index contributed by atoms with van der Waals surface area (Å²) < 4.78 is 11.3. The molecule has 0 amide bonds. The van der Waals surface area contributed by atoms with Crippen LogP contribution >= 0.6 is 0 Å². The van der Waals surface area contributed by atoms with Crippen LogP contribution < -0.4 is 14.4 Å². The number of ether oxygens (including phenoxy) is 2. The first-order chi connectivity index (χ1) is 15.6. The van der Waals surface area contributed by atoms with Crippen LogP contribution in [-0.2, 0) is 10.2 Å². The minimum Gasteiger partial charge on any atom is -0.486 e. The number of hydrogen-bond acceptors (Lipinski definition) is 4. The Bertz CT molecular complexity index is 997. The van der Waals surface area contributed by atoms with Crippen molar-refractivity contribution >= 4 is 11.7 Å². The predicted molar refractivity (Wildman–Crippen MR) is 126 cm³/mol. The summed E-state index contributed by atoms with van der Waals surface area (Å²) in [6.45, 7) is 4.17. The molecule has 1 N–H and O–H groups in total.